The summed E-state index contributed by atoms with van der Waals surface area (Å²) in [7, 11) is 1.09. The molecule has 4 amide bonds. The zero-order valence-electron chi connectivity index (χ0n) is 38.1. The molecule has 2 N–H and O–H groups in total. The SMILES string of the molecule is COC(=O)c1cc(N2C(=S)N(c3ccc(C#N)c(C(F)(F)F)c3F)C(=O)C2(C)C)cnc1OCCOCC(=O)NC(C(=O)N1CCC[C@H]1C(=O)NCc1ccc(-c2scnc2C)cc1)C(C)(C)C. The molecule has 2 aliphatic rings. The predicted molar refractivity (Wildman–Crippen MR) is 245 cm³/mol. The van der Waals surface area contributed by atoms with Gasteiger partial charge in [0.25, 0.3) is 5.91 Å². The van der Waals surface area contributed by atoms with Crippen molar-refractivity contribution >= 4 is 69.6 Å². The molecule has 4 aromatic rings. The number of thiocarbonyl (C=S) groups is 1. The van der Waals surface area contributed by atoms with Gasteiger partial charge in [0.2, 0.25) is 23.6 Å². The van der Waals surface area contributed by atoms with Crippen molar-refractivity contribution in [3.63, 3.8) is 0 Å². The van der Waals surface area contributed by atoms with Crippen LogP contribution < -0.4 is 25.2 Å². The number of hydrogen-bond acceptors (Lipinski definition) is 13. The minimum atomic E-state index is -5.27. The Morgan fingerprint density at radius 1 is 1.07 bits per heavy atom. The lowest BCUT2D eigenvalue weighted by Crippen LogP contribution is -2.58. The molecular formula is C46H48F4N8O8S2. The average molecular weight is 981 g/mol. The van der Waals surface area contributed by atoms with Crippen molar-refractivity contribution in [2.24, 2.45) is 5.41 Å². The van der Waals surface area contributed by atoms with Crippen molar-refractivity contribution in [1.29, 1.82) is 5.26 Å². The summed E-state index contributed by atoms with van der Waals surface area (Å²) < 4.78 is 73.2. The Labute approximate surface area is 398 Å². The lowest BCUT2D eigenvalue weighted by molar-refractivity contribution is -0.144. The Morgan fingerprint density at radius 2 is 1.78 bits per heavy atom. The van der Waals surface area contributed by atoms with E-state index in [4.69, 9.17) is 26.4 Å². The third-order valence-corrected chi connectivity index (χ3v) is 12.7. The van der Waals surface area contributed by atoms with Gasteiger partial charge in [-0.1, -0.05) is 45.0 Å². The number of likely N-dealkylation sites (tertiary alicyclic amines) is 1. The largest absolute Gasteiger partial charge is 0.475 e. The second-order valence-electron chi connectivity index (χ2n) is 17.4. The number of alkyl halides is 3. The van der Waals surface area contributed by atoms with E-state index in [9.17, 15) is 42.4 Å². The summed E-state index contributed by atoms with van der Waals surface area (Å²) in [5.41, 5.74) is -1.70. The Hall–Kier alpha value is -6.57. The molecule has 360 valence electrons. The van der Waals surface area contributed by atoms with Crippen LogP contribution >= 0.6 is 23.6 Å². The van der Waals surface area contributed by atoms with Crippen LogP contribution in [0.4, 0.5) is 28.9 Å². The van der Waals surface area contributed by atoms with Crippen LogP contribution in [0.15, 0.2) is 54.2 Å². The van der Waals surface area contributed by atoms with Crippen molar-refractivity contribution < 1.29 is 55.7 Å². The highest BCUT2D eigenvalue weighted by Gasteiger charge is 2.52. The van der Waals surface area contributed by atoms with Crippen molar-refractivity contribution in [3.8, 4) is 22.4 Å². The third-order valence-electron chi connectivity index (χ3n) is 11.3. The van der Waals surface area contributed by atoms with Crippen LogP contribution in [0, 0.1) is 29.5 Å². The number of anilines is 2. The summed E-state index contributed by atoms with van der Waals surface area (Å²) >= 11 is 7.05. The van der Waals surface area contributed by atoms with Gasteiger partial charge in [0.15, 0.2) is 10.9 Å². The maximum atomic E-state index is 15.5. The Morgan fingerprint density at radius 3 is 2.40 bits per heavy atom. The standard InChI is InChI=1S/C46H48F4N8O8S2/c1-25-36(68-24-54-25)27-12-10-26(11-13-27)21-52-38(60)32-9-8-16-56(32)40(61)37(44(2,3)4)55-33(59)23-65-17-18-66-39-30(41(62)64-7)19-29(22-53-39)58-43(67)57(42(63)45(58,5)6)31-15-14-28(20-51)34(35(31)47)46(48,49)50/h10-15,19,22,24,32,37H,8-9,16-18,21,23H2,1-7H3,(H,52,60)(H,55,59)/t32-,37?/m0/s1. The van der Waals surface area contributed by atoms with Gasteiger partial charge in [0.1, 0.15) is 42.0 Å². The fraction of sp³-hybridized carbons (Fsp3) is 0.413. The highest BCUT2D eigenvalue weighted by atomic mass is 32.1. The number of benzene rings is 2. The Bertz CT molecular complexity index is 2660. The van der Waals surface area contributed by atoms with Gasteiger partial charge in [-0.2, -0.15) is 18.4 Å². The lowest BCUT2D eigenvalue weighted by atomic mass is 9.85. The number of carbonyl (C=O) groups excluding carboxylic acids is 5. The van der Waals surface area contributed by atoms with Gasteiger partial charge in [0, 0.05) is 13.1 Å². The number of ether oxygens (including phenoxy) is 3. The smallest absolute Gasteiger partial charge is 0.420 e. The summed E-state index contributed by atoms with van der Waals surface area (Å²) in [6.45, 7) is 9.74. The molecule has 68 heavy (non-hydrogen) atoms. The number of aromatic nitrogens is 2. The van der Waals surface area contributed by atoms with E-state index in [1.165, 1.54) is 42.0 Å². The predicted octanol–water partition coefficient (Wildman–Crippen LogP) is 6.48. The number of nitriles is 1. The van der Waals surface area contributed by atoms with Crippen molar-refractivity contribution in [3.05, 3.63) is 87.9 Å². The number of amides is 4. The van der Waals surface area contributed by atoms with E-state index in [0.717, 1.165) is 40.9 Å². The highest BCUT2D eigenvalue weighted by molar-refractivity contribution is 7.81. The number of carbonyl (C=O) groups is 5. The summed E-state index contributed by atoms with van der Waals surface area (Å²) in [5, 5.41) is 14.5. The van der Waals surface area contributed by atoms with Crippen molar-refractivity contribution in [2.45, 2.75) is 84.7 Å². The first kappa shape index (κ1) is 50.8. The number of hydrogen-bond donors (Lipinski definition) is 2. The third kappa shape index (κ3) is 10.6. The molecule has 2 aromatic heterocycles. The van der Waals surface area contributed by atoms with Gasteiger partial charge in [0.05, 0.1) is 59.0 Å². The average Bonchev–Trinajstić information content (AvgIpc) is 4.00. The Kier molecular flexibility index (Phi) is 15.2. The Balaban J connectivity index is 1.05. The van der Waals surface area contributed by atoms with E-state index in [0.29, 0.717) is 24.3 Å². The van der Waals surface area contributed by atoms with E-state index < -0.39 is 87.3 Å². The summed E-state index contributed by atoms with van der Waals surface area (Å²) in [4.78, 5) is 80.1. The molecule has 2 aromatic carbocycles. The molecule has 2 atom stereocenters. The van der Waals surface area contributed by atoms with E-state index in [2.05, 4.69) is 20.6 Å². The van der Waals surface area contributed by atoms with Gasteiger partial charge in [-0.05, 0) is 80.6 Å². The van der Waals surface area contributed by atoms with E-state index in [1.807, 2.05) is 31.2 Å². The molecule has 2 aliphatic heterocycles. The van der Waals surface area contributed by atoms with Crippen molar-refractivity contribution in [2.75, 3.05) is 43.3 Å². The van der Waals surface area contributed by atoms with Gasteiger partial charge in [-0.25, -0.2) is 19.2 Å². The van der Waals surface area contributed by atoms with Gasteiger partial charge < -0.3 is 34.6 Å². The number of esters is 1. The lowest BCUT2D eigenvalue weighted by Gasteiger charge is -2.35. The quantitative estimate of drug-likeness (QED) is 0.0569. The fourth-order valence-electron chi connectivity index (χ4n) is 7.83. The molecule has 4 heterocycles. The molecule has 1 unspecified atom stereocenters. The van der Waals surface area contributed by atoms with Crippen LogP contribution in [0.2, 0.25) is 0 Å². The molecular weight excluding hydrogens is 933 g/mol. The monoisotopic (exact) mass is 980 g/mol. The molecule has 0 spiro atoms. The van der Waals surface area contributed by atoms with Crippen LogP contribution in [0.3, 0.4) is 0 Å². The van der Waals surface area contributed by atoms with E-state index in [-0.39, 0.29) is 42.8 Å². The second-order valence-corrected chi connectivity index (χ2v) is 18.6. The van der Waals surface area contributed by atoms with E-state index in [1.54, 1.807) is 37.6 Å². The van der Waals surface area contributed by atoms with E-state index >= 15 is 4.39 Å². The number of nitrogens with one attached hydrogen (secondary N) is 2. The second kappa shape index (κ2) is 20.3. The number of pyridine rings is 1. The zero-order chi connectivity index (χ0) is 49.9. The van der Waals surface area contributed by atoms with Crippen LogP contribution in [-0.2, 0) is 41.4 Å². The van der Waals surface area contributed by atoms with Crippen LogP contribution in [0.1, 0.15) is 80.2 Å². The normalized spacial score (nSPS) is 16.4. The number of thiazole rings is 1. The van der Waals surface area contributed by atoms with Crippen LogP contribution in [0.25, 0.3) is 10.4 Å². The number of rotatable bonds is 15. The first-order chi connectivity index (χ1) is 32.0. The van der Waals surface area contributed by atoms with Gasteiger partial charge in [-0.3, -0.25) is 24.1 Å². The number of methoxy groups -OCH3 is 1. The molecule has 22 heteroatoms. The molecule has 6 rings (SSSR count). The molecule has 0 radical (unpaired) electrons. The minimum absolute atomic E-state index is 0.00499. The van der Waals surface area contributed by atoms with Gasteiger partial charge in [-0.15, -0.1) is 11.3 Å². The molecule has 16 nitrogen and oxygen atoms in total. The van der Waals surface area contributed by atoms with Crippen LogP contribution in [-0.4, -0.2) is 101 Å². The summed E-state index contributed by atoms with van der Waals surface area (Å²) in [5.74, 6) is -5.30. The maximum absolute atomic E-state index is 15.5. The maximum Gasteiger partial charge on any atom is 0.420 e. The number of aryl methyl sites for hydroxylation is 1. The van der Waals surface area contributed by atoms with Crippen molar-refractivity contribution in [1.82, 2.24) is 25.5 Å². The first-order valence-corrected chi connectivity index (χ1v) is 22.4. The molecule has 0 aliphatic carbocycles. The fourth-order valence-corrected chi connectivity index (χ4v) is 9.15. The number of nitrogens with zero attached hydrogens (tertiary/aromatic N) is 6. The van der Waals surface area contributed by atoms with Crippen LogP contribution in [0.5, 0.6) is 5.88 Å². The minimum Gasteiger partial charge on any atom is -0.475 e. The summed E-state index contributed by atoms with van der Waals surface area (Å²) in [6, 6.07) is 10.2. The molecule has 2 saturated heterocycles. The van der Waals surface area contributed by atoms with Gasteiger partial charge >= 0.3 is 12.1 Å². The summed E-state index contributed by atoms with van der Waals surface area (Å²) in [6.07, 6.45) is -3.04. The topological polar surface area (TPSA) is 196 Å². The highest BCUT2D eigenvalue weighted by Crippen LogP contribution is 2.42. The zero-order valence-corrected chi connectivity index (χ0v) is 39.7. The molecule has 2 fully saturated rings. The first-order valence-electron chi connectivity index (χ1n) is 21.2. The molecule has 0 bridgehead atoms. The number of halogens is 4. The molecule has 0 saturated carbocycles.